The highest BCUT2D eigenvalue weighted by molar-refractivity contribution is 7.99. The van der Waals surface area contributed by atoms with Gasteiger partial charge in [-0.25, -0.2) is 0 Å². The summed E-state index contributed by atoms with van der Waals surface area (Å²) in [7, 11) is 0. The van der Waals surface area contributed by atoms with Gasteiger partial charge in [0.1, 0.15) is 0 Å². The molecule has 4 nitrogen and oxygen atoms in total. The standard InChI is InChI=1S/C23H30N2O2S/c1-4-9-21(26)25-20-13-8-12-19(14-20)15-24-23(27)22(17(2)3)28-16-18-10-6-5-7-11-18/h5-8,10-14,17,22H,4,9,15-16H2,1-3H3,(H,24,27)(H,25,26). The molecule has 0 spiro atoms. The van der Waals surface area contributed by atoms with Crippen LogP contribution >= 0.6 is 11.8 Å². The SMILES string of the molecule is CCCC(=O)Nc1cccc(CNC(=O)C(SCc2ccccc2)C(C)C)c1. The van der Waals surface area contributed by atoms with Crippen molar-refractivity contribution in [2.75, 3.05) is 5.32 Å². The number of thioether (sulfide) groups is 1. The molecule has 0 heterocycles. The molecule has 0 radical (unpaired) electrons. The summed E-state index contributed by atoms with van der Waals surface area (Å²) in [5, 5.41) is 5.84. The summed E-state index contributed by atoms with van der Waals surface area (Å²) in [5.41, 5.74) is 2.96. The molecule has 0 aliphatic heterocycles. The van der Waals surface area contributed by atoms with E-state index in [0.29, 0.717) is 13.0 Å². The lowest BCUT2D eigenvalue weighted by molar-refractivity contribution is -0.121. The Kier molecular flexibility index (Phi) is 9.08. The van der Waals surface area contributed by atoms with Crippen LogP contribution < -0.4 is 10.6 Å². The van der Waals surface area contributed by atoms with Gasteiger partial charge in [-0.3, -0.25) is 9.59 Å². The van der Waals surface area contributed by atoms with Crippen LogP contribution in [0.5, 0.6) is 0 Å². The fourth-order valence-corrected chi connectivity index (χ4v) is 4.01. The smallest absolute Gasteiger partial charge is 0.233 e. The molecule has 2 amide bonds. The molecule has 2 N–H and O–H groups in total. The average Bonchev–Trinajstić information content (AvgIpc) is 2.67. The quantitative estimate of drug-likeness (QED) is 0.592. The minimum absolute atomic E-state index is 0.0147. The summed E-state index contributed by atoms with van der Waals surface area (Å²) in [6, 6.07) is 17.8. The minimum Gasteiger partial charge on any atom is -0.351 e. The maximum Gasteiger partial charge on any atom is 0.233 e. The molecule has 0 aromatic heterocycles. The van der Waals surface area contributed by atoms with Gasteiger partial charge in [-0.1, -0.05) is 63.2 Å². The molecule has 0 saturated carbocycles. The van der Waals surface area contributed by atoms with E-state index < -0.39 is 0 Å². The summed E-state index contributed by atoms with van der Waals surface area (Å²) < 4.78 is 0. The highest BCUT2D eigenvalue weighted by atomic mass is 32.2. The van der Waals surface area contributed by atoms with Crippen molar-refractivity contribution in [2.24, 2.45) is 5.92 Å². The Morgan fingerprint density at radius 3 is 2.39 bits per heavy atom. The summed E-state index contributed by atoms with van der Waals surface area (Å²) >= 11 is 1.67. The zero-order chi connectivity index (χ0) is 20.4. The molecule has 1 unspecified atom stereocenters. The largest absolute Gasteiger partial charge is 0.351 e. The van der Waals surface area contributed by atoms with Crippen LogP contribution in [0.15, 0.2) is 54.6 Å². The molecule has 5 heteroatoms. The maximum absolute atomic E-state index is 12.7. The third-order valence-electron chi connectivity index (χ3n) is 4.29. The van der Waals surface area contributed by atoms with Crippen molar-refractivity contribution < 1.29 is 9.59 Å². The first-order valence-electron chi connectivity index (χ1n) is 9.81. The third-order valence-corrected chi connectivity index (χ3v) is 5.91. The number of carbonyl (C=O) groups is 2. The number of amides is 2. The molecule has 2 aromatic rings. The zero-order valence-electron chi connectivity index (χ0n) is 16.9. The van der Waals surface area contributed by atoms with Gasteiger partial charge in [-0.2, -0.15) is 0 Å². The van der Waals surface area contributed by atoms with E-state index in [4.69, 9.17) is 0 Å². The Labute approximate surface area is 172 Å². The van der Waals surface area contributed by atoms with Crippen molar-refractivity contribution in [3.63, 3.8) is 0 Å². The third kappa shape index (κ3) is 7.39. The highest BCUT2D eigenvalue weighted by Crippen LogP contribution is 2.24. The van der Waals surface area contributed by atoms with E-state index in [1.54, 1.807) is 11.8 Å². The van der Waals surface area contributed by atoms with E-state index in [9.17, 15) is 9.59 Å². The lowest BCUT2D eigenvalue weighted by Crippen LogP contribution is -2.35. The molecule has 0 bridgehead atoms. The first kappa shape index (κ1) is 22.0. The predicted molar refractivity (Wildman–Crippen MR) is 118 cm³/mol. The first-order chi connectivity index (χ1) is 13.5. The molecule has 150 valence electrons. The van der Waals surface area contributed by atoms with Gasteiger partial charge < -0.3 is 10.6 Å². The van der Waals surface area contributed by atoms with Crippen LogP contribution in [0, 0.1) is 5.92 Å². The lowest BCUT2D eigenvalue weighted by Gasteiger charge is -2.20. The Hall–Kier alpha value is -2.27. The van der Waals surface area contributed by atoms with Crippen molar-refractivity contribution in [3.8, 4) is 0 Å². The number of hydrogen-bond acceptors (Lipinski definition) is 3. The number of hydrogen-bond donors (Lipinski definition) is 2. The van der Waals surface area contributed by atoms with E-state index in [1.807, 2.05) is 49.4 Å². The van der Waals surface area contributed by atoms with E-state index in [0.717, 1.165) is 23.4 Å². The molecule has 2 rings (SSSR count). The van der Waals surface area contributed by atoms with Crippen LogP contribution in [0.1, 0.15) is 44.7 Å². The van der Waals surface area contributed by atoms with Crippen molar-refractivity contribution in [2.45, 2.75) is 51.2 Å². The normalized spacial score (nSPS) is 11.9. The molecule has 0 saturated heterocycles. The zero-order valence-corrected chi connectivity index (χ0v) is 17.7. The van der Waals surface area contributed by atoms with Crippen molar-refractivity contribution in [3.05, 3.63) is 65.7 Å². The van der Waals surface area contributed by atoms with E-state index >= 15 is 0 Å². The van der Waals surface area contributed by atoms with Gasteiger partial charge in [-0.15, -0.1) is 11.8 Å². The topological polar surface area (TPSA) is 58.2 Å². The van der Waals surface area contributed by atoms with Crippen LogP contribution in [0.25, 0.3) is 0 Å². The summed E-state index contributed by atoms with van der Waals surface area (Å²) in [6.07, 6.45) is 1.33. The fraction of sp³-hybridized carbons (Fsp3) is 0.391. The Morgan fingerprint density at radius 1 is 1.00 bits per heavy atom. The first-order valence-corrected chi connectivity index (χ1v) is 10.9. The minimum atomic E-state index is -0.104. The second-order valence-corrected chi connectivity index (χ2v) is 8.31. The summed E-state index contributed by atoms with van der Waals surface area (Å²) in [4.78, 5) is 24.5. The molecule has 0 aliphatic rings. The molecule has 0 fully saturated rings. The summed E-state index contributed by atoms with van der Waals surface area (Å²) in [6.45, 7) is 6.58. The van der Waals surface area contributed by atoms with Crippen LogP contribution in [0.3, 0.4) is 0 Å². The molecule has 0 aliphatic carbocycles. The molecular weight excluding hydrogens is 368 g/mol. The van der Waals surface area contributed by atoms with Crippen LogP contribution in [0.4, 0.5) is 5.69 Å². The average molecular weight is 399 g/mol. The maximum atomic E-state index is 12.7. The highest BCUT2D eigenvalue weighted by Gasteiger charge is 2.22. The second kappa shape index (κ2) is 11.5. The van der Waals surface area contributed by atoms with E-state index in [-0.39, 0.29) is 23.0 Å². The Balaban J connectivity index is 1.90. The van der Waals surface area contributed by atoms with Gasteiger partial charge >= 0.3 is 0 Å². The van der Waals surface area contributed by atoms with Gasteiger partial charge in [0, 0.05) is 24.4 Å². The lowest BCUT2D eigenvalue weighted by atomic mass is 10.1. The van der Waals surface area contributed by atoms with Crippen molar-refractivity contribution in [1.29, 1.82) is 0 Å². The second-order valence-electron chi connectivity index (χ2n) is 7.18. The Bertz CT molecular complexity index is 762. The molecule has 28 heavy (non-hydrogen) atoms. The van der Waals surface area contributed by atoms with Gasteiger partial charge in [0.05, 0.1) is 5.25 Å². The van der Waals surface area contributed by atoms with Gasteiger partial charge in [0.15, 0.2) is 0 Å². The molecule has 1 atom stereocenters. The van der Waals surface area contributed by atoms with Crippen LogP contribution in [-0.4, -0.2) is 17.1 Å². The number of nitrogens with one attached hydrogen (secondary N) is 2. The molecule has 2 aromatic carbocycles. The number of benzene rings is 2. The van der Waals surface area contributed by atoms with Crippen LogP contribution in [-0.2, 0) is 21.9 Å². The number of rotatable bonds is 10. The number of carbonyl (C=O) groups excluding carboxylic acids is 2. The van der Waals surface area contributed by atoms with Gasteiger partial charge in [-0.05, 0) is 35.6 Å². The van der Waals surface area contributed by atoms with Crippen molar-refractivity contribution >= 4 is 29.3 Å². The summed E-state index contributed by atoms with van der Waals surface area (Å²) in [5.74, 6) is 1.13. The molecular formula is C23H30N2O2S. The monoisotopic (exact) mass is 398 g/mol. The number of anilines is 1. The Morgan fingerprint density at radius 2 is 1.71 bits per heavy atom. The van der Waals surface area contributed by atoms with Gasteiger partial charge in [0.25, 0.3) is 0 Å². The van der Waals surface area contributed by atoms with Crippen LogP contribution in [0.2, 0.25) is 0 Å². The fourth-order valence-electron chi connectivity index (χ4n) is 2.83. The van der Waals surface area contributed by atoms with Crippen molar-refractivity contribution in [1.82, 2.24) is 5.32 Å². The van der Waals surface area contributed by atoms with Gasteiger partial charge in [0.2, 0.25) is 11.8 Å². The predicted octanol–water partition coefficient (Wildman–Crippen LogP) is 5.00. The van der Waals surface area contributed by atoms with E-state index in [1.165, 1.54) is 5.56 Å². The van der Waals surface area contributed by atoms with E-state index in [2.05, 4.69) is 36.6 Å².